The van der Waals surface area contributed by atoms with Crippen LogP contribution in [-0.4, -0.2) is 30.8 Å². The van der Waals surface area contributed by atoms with Crippen molar-refractivity contribution in [3.8, 4) is 0 Å². The van der Waals surface area contributed by atoms with Gasteiger partial charge < -0.3 is 10.6 Å². The van der Waals surface area contributed by atoms with E-state index in [1.54, 1.807) is 14.0 Å². The minimum absolute atomic E-state index is 0.0459. The predicted molar refractivity (Wildman–Crippen MR) is 60.6 cm³/mol. The summed E-state index contributed by atoms with van der Waals surface area (Å²) in [5, 5.41) is 5.52. The van der Waals surface area contributed by atoms with Crippen molar-refractivity contribution in [3.05, 3.63) is 11.6 Å². The summed E-state index contributed by atoms with van der Waals surface area (Å²) in [6.45, 7) is 6.98. The molecule has 0 aromatic rings. The van der Waals surface area contributed by atoms with Crippen LogP contribution in [0.15, 0.2) is 11.6 Å². The van der Waals surface area contributed by atoms with Gasteiger partial charge in [-0.05, 0) is 34.7 Å². The zero-order valence-corrected chi connectivity index (χ0v) is 10.0. The Morgan fingerprint density at radius 3 is 2.07 bits per heavy atom. The van der Waals surface area contributed by atoms with Gasteiger partial charge in [-0.1, -0.05) is 11.6 Å². The largest absolute Gasteiger partial charge is 0.345 e. The summed E-state index contributed by atoms with van der Waals surface area (Å²) in [5.41, 5.74) is 1.06. The molecule has 4 nitrogen and oxygen atoms in total. The zero-order chi connectivity index (χ0) is 12.0. The Hall–Kier alpha value is -1.16. The SMILES string of the molecule is CN[C@@H](C=C(C)C)C(=O)N[C@@H](C)C(C)=O. The highest BCUT2D eigenvalue weighted by atomic mass is 16.2. The first-order valence-electron chi connectivity index (χ1n) is 5.01. The lowest BCUT2D eigenvalue weighted by Gasteiger charge is -2.16. The summed E-state index contributed by atoms with van der Waals surface area (Å²) in [6, 6.07) is -0.810. The quantitative estimate of drug-likeness (QED) is 0.657. The zero-order valence-electron chi connectivity index (χ0n) is 10.0. The predicted octanol–water partition coefficient (Wildman–Crippen LogP) is 0.634. The van der Waals surface area contributed by atoms with E-state index in [1.165, 1.54) is 6.92 Å². The average molecular weight is 212 g/mol. The molecule has 0 spiro atoms. The summed E-state index contributed by atoms with van der Waals surface area (Å²) in [4.78, 5) is 22.6. The lowest BCUT2D eigenvalue weighted by atomic mass is 10.1. The van der Waals surface area contributed by atoms with E-state index in [-0.39, 0.29) is 17.7 Å². The normalized spacial score (nSPS) is 13.9. The van der Waals surface area contributed by atoms with Gasteiger partial charge in [0.1, 0.15) is 6.04 Å². The molecular weight excluding hydrogens is 192 g/mol. The lowest BCUT2D eigenvalue weighted by molar-refractivity contribution is -0.127. The van der Waals surface area contributed by atoms with Gasteiger partial charge in [0.15, 0.2) is 5.78 Å². The van der Waals surface area contributed by atoms with Crippen LogP contribution in [0.3, 0.4) is 0 Å². The van der Waals surface area contributed by atoms with Crippen molar-refractivity contribution in [1.29, 1.82) is 0 Å². The molecule has 0 aliphatic rings. The summed E-state index contributed by atoms with van der Waals surface area (Å²) in [7, 11) is 1.71. The number of nitrogens with one attached hydrogen (secondary N) is 2. The summed E-state index contributed by atoms with van der Waals surface area (Å²) in [6.07, 6.45) is 1.82. The number of amides is 1. The minimum Gasteiger partial charge on any atom is -0.345 e. The number of hydrogen-bond donors (Lipinski definition) is 2. The Bertz CT molecular complexity index is 268. The molecule has 0 aliphatic carbocycles. The number of carbonyl (C=O) groups is 2. The van der Waals surface area contributed by atoms with Gasteiger partial charge in [0, 0.05) is 0 Å². The van der Waals surface area contributed by atoms with Gasteiger partial charge in [-0.15, -0.1) is 0 Å². The van der Waals surface area contributed by atoms with Crippen LogP contribution >= 0.6 is 0 Å². The third-order valence-corrected chi connectivity index (χ3v) is 2.06. The molecule has 15 heavy (non-hydrogen) atoms. The highest BCUT2D eigenvalue weighted by molar-refractivity contribution is 5.90. The molecule has 0 bridgehead atoms. The number of Topliss-reactive ketones (excluding diaryl/α,β-unsaturated/α-hetero) is 1. The number of hydrogen-bond acceptors (Lipinski definition) is 3. The van der Waals surface area contributed by atoms with Gasteiger partial charge >= 0.3 is 0 Å². The molecule has 0 unspecified atom stereocenters. The molecule has 4 heteroatoms. The van der Waals surface area contributed by atoms with Crippen molar-refractivity contribution in [3.63, 3.8) is 0 Å². The molecule has 2 N–H and O–H groups in total. The van der Waals surface area contributed by atoms with Gasteiger partial charge in [-0.3, -0.25) is 9.59 Å². The molecule has 0 radical (unpaired) electrons. The molecule has 0 fully saturated rings. The third-order valence-electron chi connectivity index (χ3n) is 2.06. The first kappa shape index (κ1) is 13.8. The fourth-order valence-corrected chi connectivity index (χ4v) is 1.03. The number of likely N-dealkylation sites (N-methyl/N-ethyl adjacent to an activating group) is 1. The van der Waals surface area contributed by atoms with Crippen molar-refractivity contribution in [2.75, 3.05) is 7.05 Å². The van der Waals surface area contributed by atoms with E-state index in [0.717, 1.165) is 5.57 Å². The number of ketones is 1. The van der Waals surface area contributed by atoms with Gasteiger partial charge in [0.25, 0.3) is 0 Å². The molecule has 0 heterocycles. The maximum absolute atomic E-state index is 11.7. The second-order valence-electron chi connectivity index (χ2n) is 3.85. The standard InChI is InChI=1S/C11H20N2O2/c1-7(2)6-10(12-5)11(15)13-8(3)9(4)14/h6,8,10,12H,1-5H3,(H,13,15)/t8-,10-/m0/s1. The third kappa shape index (κ3) is 5.32. The van der Waals surface area contributed by atoms with Crippen molar-refractivity contribution in [1.82, 2.24) is 10.6 Å². The van der Waals surface area contributed by atoms with Crippen LogP contribution in [-0.2, 0) is 9.59 Å². The average Bonchev–Trinajstić information content (AvgIpc) is 2.13. The number of rotatable bonds is 5. The highest BCUT2D eigenvalue weighted by Crippen LogP contribution is 1.95. The second-order valence-corrected chi connectivity index (χ2v) is 3.85. The fourth-order valence-electron chi connectivity index (χ4n) is 1.03. The van der Waals surface area contributed by atoms with E-state index in [1.807, 2.05) is 19.9 Å². The van der Waals surface area contributed by atoms with Crippen LogP contribution < -0.4 is 10.6 Å². The van der Waals surface area contributed by atoms with Crippen molar-refractivity contribution in [2.24, 2.45) is 0 Å². The van der Waals surface area contributed by atoms with E-state index in [9.17, 15) is 9.59 Å². The van der Waals surface area contributed by atoms with E-state index in [4.69, 9.17) is 0 Å². The molecule has 0 aromatic carbocycles. The van der Waals surface area contributed by atoms with Crippen LogP contribution in [0.5, 0.6) is 0 Å². The number of allylic oxidation sites excluding steroid dienone is 1. The van der Waals surface area contributed by atoms with Crippen LogP contribution in [0, 0.1) is 0 Å². The minimum atomic E-state index is -0.432. The van der Waals surface area contributed by atoms with Crippen molar-refractivity contribution in [2.45, 2.75) is 39.8 Å². The van der Waals surface area contributed by atoms with Crippen LogP contribution in [0.4, 0.5) is 0 Å². The van der Waals surface area contributed by atoms with E-state index < -0.39 is 6.04 Å². The molecule has 1 amide bonds. The van der Waals surface area contributed by atoms with E-state index in [2.05, 4.69) is 10.6 Å². The molecule has 2 atom stereocenters. The second kappa shape index (κ2) is 6.35. The fraction of sp³-hybridized carbons (Fsp3) is 0.636. The molecule has 0 saturated heterocycles. The Balaban J connectivity index is 4.41. The van der Waals surface area contributed by atoms with E-state index in [0.29, 0.717) is 0 Å². The summed E-state index contributed by atoms with van der Waals surface area (Å²) < 4.78 is 0. The van der Waals surface area contributed by atoms with Crippen LogP contribution in [0.2, 0.25) is 0 Å². The van der Waals surface area contributed by atoms with Gasteiger partial charge in [-0.25, -0.2) is 0 Å². The first-order chi connectivity index (χ1) is 6.88. The Morgan fingerprint density at radius 1 is 1.20 bits per heavy atom. The monoisotopic (exact) mass is 212 g/mol. The lowest BCUT2D eigenvalue weighted by Crippen LogP contribution is -2.47. The Morgan fingerprint density at radius 2 is 1.73 bits per heavy atom. The Kier molecular flexibility index (Phi) is 5.86. The maximum Gasteiger partial charge on any atom is 0.241 e. The molecule has 0 aromatic heterocycles. The molecule has 0 rings (SSSR count). The molecule has 0 aliphatic heterocycles. The summed E-state index contributed by atoms with van der Waals surface area (Å²) in [5.74, 6) is -0.225. The Labute approximate surface area is 91.1 Å². The van der Waals surface area contributed by atoms with Crippen molar-refractivity contribution >= 4 is 11.7 Å². The molecule has 86 valence electrons. The molecule has 0 saturated carbocycles. The van der Waals surface area contributed by atoms with Crippen LogP contribution in [0.1, 0.15) is 27.7 Å². The smallest absolute Gasteiger partial charge is 0.241 e. The van der Waals surface area contributed by atoms with Crippen molar-refractivity contribution < 1.29 is 9.59 Å². The number of carbonyl (C=O) groups excluding carboxylic acids is 2. The van der Waals surface area contributed by atoms with Gasteiger partial charge in [0.2, 0.25) is 5.91 Å². The first-order valence-corrected chi connectivity index (χ1v) is 5.01. The van der Waals surface area contributed by atoms with Gasteiger partial charge in [0.05, 0.1) is 6.04 Å². The highest BCUT2D eigenvalue weighted by Gasteiger charge is 2.17. The maximum atomic E-state index is 11.7. The van der Waals surface area contributed by atoms with Gasteiger partial charge in [-0.2, -0.15) is 0 Å². The van der Waals surface area contributed by atoms with Crippen LogP contribution in [0.25, 0.3) is 0 Å². The van der Waals surface area contributed by atoms with E-state index >= 15 is 0 Å². The molecular formula is C11H20N2O2. The summed E-state index contributed by atoms with van der Waals surface area (Å²) >= 11 is 0. The topological polar surface area (TPSA) is 58.2 Å².